The summed E-state index contributed by atoms with van der Waals surface area (Å²) < 4.78 is 10.5. The van der Waals surface area contributed by atoms with E-state index in [9.17, 15) is 9.59 Å². The maximum absolute atomic E-state index is 12.2. The van der Waals surface area contributed by atoms with Crippen LogP contribution in [0.15, 0.2) is 42.5 Å². The zero-order chi connectivity index (χ0) is 19.8. The summed E-state index contributed by atoms with van der Waals surface area (Å²) in [5, 5.41) is 2.86. The highest BCUT2D eigenvalue weighted by Crippen LogP contribution is 2.28. The number of methoxy groups -OCH3 is 2. The van der Waals surface area contributed by atoms with Gasteiger partial charge in [0.2, 0.25) is 11.8 Å². The summed E-state index contributed by atoms with van der Waals surface area (Å²) in [5.41, 5.74) is 2.74. The molecule has 0 fully saturated rings. The van der Waals surface area contributed by atoms with Crippen LogP contribution in [0.2, 0.25) is 0 Å². The van der Waals surface area contributed by atoms with Gasteiger partial charge in [0.25, 0.3) is 0 Å². The van der Waals surface area contributed by atoms with Crippen LogP contribution in [0.25, 0.3) is 0 Å². The summed E-state index contributed by atoms with van der Waals surface area (Å²) in [4.78, 5) is 25.8. The molecule has 0 aliphatic carbocycles. The van der Waals surface area contributed by atoms with Crippen LogP contribution < -0.4 is 14.8 Å². The standard InChI is InChI=1S/C21H26N2O4/c1-15-6-5-7-18(12-15)22-21(25)10-11-23(16(2)24)14-17-8-9-19(26-3)20(13-17)27-4/h5-9,12-13H,10-11,14H2,1-4H3,(H,22,25). The van der Waals surface area contributed by atoms with Gasteiger partial charge in [-0.25, -0.2) is 0 Å². The fraction of sp³-hybridized carbons (Fsp3) is 0.333. The van der Waals surface area contributed by atoms with Crippen molar-refractivity contribution in [2.75, 3.05) is 26.1 Å². The Hall–Kier alpha value is -3.02. The third-order valence-corrected chi connectivity index (χ3v) is 4.18. The van der Waals surface area contributed by atoms with E-state index in [1.54, 1.807) is 25.2 Å². The first-order valence-corrected chi connectivity index (χ1v) is 8.76. The lowest BCUT2D eigenvalue weighted by Crippen LogP contribution is -2.31. The molecular formula is C21H26N2O4. The van der Waals surface area contributed by atoms with Gasteiger partial charge in [-0.1, -0.05) is 18.2 Å². The first-order chi connectivity index (χ1) is 12.9. The van der Waals surface area contributed by atoms with Crippen molar-refractivity contribution in [1.82, 2.24) is 4.90 Å². The molecule has 1 N–H and O–H groups in total. The highest BCUT2D eigenvalue weighted by atomic mass is 16.5. The Labute approximate surface area is 160 Å². The Morgan fingerprint density at radius 2 is 1.78 bits per heavy atom. The van der Waals surface area contributed by atoms with Crippen LogP contribution in [0.3, 0.4) is 0 Å². The summed E-state index contributed by atoms with van der Waals surface area (Å²) in [6.45, 7) is 4.20. The second-order valence-electron chi connectivity index (χ2n) is 6.30. The van der Waals surface area contributed by atoms with E-state index < -0.39 is 0 Å². The monoisotopic (exact) mass is 370 g/mol. The van der Waals surface area contributed by atoms with Crippen molar-refractivity contribution in [3.63, 3.8) is 0 Å². The number of anilines is 1. The number of nitrogens with zero attached hydrogens (tertiary/aromatic N) is 1. The van der Waals surface area contributed by atoms with E-state index in [0.717, 1.165) is 16.8 Å². The van der Waals surface area contributed by atoms with Crippen LogP contribution in [0, 0.1) is 6.92 Å². The first-order valence-electron chi connectivity index (χ1n) is 8.76. The number of carbonyl (C=O) groups excluding carboxylic acids is 2. The Balaban J connectivity index is 1.97. The molecule has 0 spiro atoms. The molecule has 2 rings (SSSR count). The zero-order valence-electron chi connectivity index (χ0n) is 16.2. The molecule has 6 heteroatoms. The van der Waals surface area contributed by atoms with Gasteiger partial charge in [0.15, 0.2) is 11.5 Å². The van der Waals surface area contributed by atoms with E-state index in [1.807, 2.05) is 43.3 Å². The van der Waals surface area contributed by atoms with Crippen LogP contribution in [-0.2, 0) is 16.1 Å². The number of aryl methyl sites for hydroxylation is 1. The SMILES string of the molecule is COc1ccc(CN(CCC(=O)Nc2cccc(C)c2)C(C)=O)cc1OC. The summed E-state index contributed by atoms with van der Waals surface area (Å²) in [6.07, 6.45) is 0.223. The molecule has 0 heterocycles. The van der Waals surface area contributed by atoms with Gasteiger partial charge in [0, 0.05) is 32.1 Å². The quantitative estimate of drug-likeness (QED) is 0.773. The fourth-order valence-corrected chi connectivity index (χ4v) is 2.73. The molecule has 0 radical (unpaired) electrons. The lowest BCUT2D eigenvalue weighted by molar-refractivity contribution is -0.129. The molecule has 0 aromatic heterocycles. The van der Waals surface area contributed by atoms with Gasteiger partial charge >= 0.3 is 0 Å². The lowest BCUT2D eigenvalue weighted by Gasteiger charge is -2.21. The van der Waals surface area contributed by atoms with Gasteiger partial charge in [-0.05, 0) is 42.3 Å². The fourth-order valence-electron chi connectivity index (χ4n) is 2.73. The summed E-state index contributed by atoms with van der Waals surface area (Å²) in [7, 11) is 3.15. The number of benzene rings is 2. The van der Waals surface area contributed by atoms with Crippen LogP contribution in [0.4, 0.5) is 5.69 Å². The number of amides is 2. The maximum Gasteiger partial charge on any atom is 0.226 e. The predicted molar refractivity (Wildman–Crippen MR) is 105 cm³/mol. The topological polar surface area (TPSA) is 67.9 Å². The highest BCUT2D eigenvalue weighted by Gasteiger charge is 2.14. The van der Waals surface area contributed by atoms with E-state index in [4.69, 9.17) is 9.47 Å². The predicted octanol–water partition coefficient (Wildman–Crippen LogP) is 3.39. The van der Waals surface area contributed by atoms with Gasteiger partial charge in [-0.2, -0.15) is 0 Å². The van der Waals surface area contributed by atoms with Crippen molar-refractivity contribution in [2.24, 2.45) is 0 Å². The maximum atomic E-state index is 12.2. The minimum atomic E-state index is -0.126. The first kappa shape index (κ1) is 20.3. The van der Waals surface area contributed by atoms with Crippen LogP contribution in [0.5, 0.6) is 11.5 Å². The number of hydrogen-bond donors (Lipinski definition) is 1. The normalized spacial score (nSPS) is 10.2. The Morgan fingerprint density at radius 3 is 2.41 bits per heavy atom. The highest BCUT2D eigenvalue weighted by molar-refractivity contribution is 5.91. The van der Waals surface area contributed by atoms with E-state index >= 15 is 0 Å². The van der Waals surface area contributed by atoms with E-state index in [2.05, 4.69) is 5.32 Å². The molecule has 27 heavy (non-hydrogen) atoms. The number of ether oxygens (including phenoxy) is 2. The summed E-state index contributed by atoms with van der Waals surface area (Å²) in [5.74, 6) is 1.02. The molecule has 0 aliphatic heterocycles. The molecule has 2 amide bonds. The van der Waals surface area contributed by atoms with E-state index in [1.165, 1.54) is 6.92 Å². The lowest BCUT2D eigenvalue weighted by atomic mass is 10.1. The zero-order valence-corrected chi connectivity index (χ0v) is 16.2. The minimum Gasteiger partial charge on any atom is -0.493 e. The van der Waals surface area contributed by atoms with Crippen molar-refractivity contribution in [3.05, 3.63) is 53.6 Å². The second-order valence-corrected chi connectivity index (χ2v) is 6.30. The van der Waals surface area contributed by atoms with Crippen molar-refractivity contribution in [3.8, 4) is 11.5 Å². The van der Waals surface area contributed by atoms with E-state index in [-0.39, 0.29) is 18.2 Å². The average molecular weight is 370 g/mol. The van der Waals surface area contributed by atoms with Crippen molar-refractivity contribution < 1.29 is 19.1 Å². The van der Waals surface area contributed by atoms with Crippen LogP contribution in [0.1, 0.15) is 24.5 Å². The van der Waals surface area contributed by atoms with Crippen LogP contribution >= 0.6 is 0 Å². The number of hydrogen-bond acceptors (Lipinski definition) is 4. The van der Waals surface area contributed by atoms with Crippen molar-refractivity contribution >= 4 is 17.5 Å². The summed E-state index contributed by atoms with van der Waals surface area (Å²) >= 11 is 0. The number of nitrogens with one attached hydrogen (secondary N) is 1. The Kier molecular flexibility index (Phi) is 7.23. The van der Waals surface area contributed by atoms with Crippen LogP contribution in [-0.4, -0.2) is 37.5 Å². The average Bonchev–Trinajstić information content (AvgIpc) is 2.64. The largest absolute Gasteiger partial charge is 0.493 e. The van der Waals surface area contributed by atoms with Crippen molar-refractivity contribution in [1.29, 1.82) is 0 Å². The smallest absolute Gasteiger partial charge is 0.226 e. The number of rotatable bonds is 8. The van der Waals surface area contributed by atoms with Gasteiger partial charge in [0.1, 0.15) is 0 Å². The Bertz CT molecular complexity index is 805. The van der Waals surface area contributed by atoms with E-state index in [0.29, 0.717) is 24.6 Å². The molecule has 0 aliphatic rings. The molecule has 0 unspecified atom stereocenters. The third kappa shape index (κ3) is 6.02. The second kappa shape index (κ2) is 9.62. The molecule has 6 nitrogen and oxygen atoms in total. The van der Waals surface area contributed by atoms with Gasteiger partial charge in [-0.3, -0.25) is 9.59 Å². The van der Waals surface area contributed by atoms with Gasteiger partial charge in [0.05, 0.1) is 14.2 Å². The molecule has 144 valence electrons. The molecule has 0 saturated carbocycles. The Morgan fingerprint density at radius 1 is 1.04 bits per heavy atom. The van der Waals surface area contributed by atoms with Gasteiger partial charge < -0.3 is 19.7 Å². The van der Waals surface area contributed by atoms with Crippen molar-refractivity contribution in [2.45, 2.75) is 26.8 Å². The molecule has 0 bridgehead atoms. The summed E-state index contributed by atoms with van der Waals surface area (Å²) in [6, 6.07) is 13.1. The van der Waals surface area contributed by atoms with Gasteiger partial charge in [-0.15, -0.1) is 0 Å². The molecule has 0 atom stereocenters. The molecule has 0 saturated heterocycles. The molecular weight excluding hydrogens is 344 g/mol. The number of carbonyl (C=O) groups is 2. The molecule has 2 aromatic rings. The third-order valence-electron chi connectivity index (χ3n) is 4.18. The molecule has 2 aromatic carbocycles. The minimum absolute atomic E-state index is 0.0897.